The fraction of sp³-hybridized carbons (Fsp3) is 0.400. The highest BCUT2D eigenvalue weighted by Gasteiger charge is 2.34. The lowest BCUT2D eigenvalue weighted by Crippen LogP contribution is -2.56. The van der Waals surface area contributed by atoms with Gasteiger partial charge < -0.3 is 20.3 Å². The van der Waals surface area contributed by atoms with Crippen molar-refractivity contribution in [3.63, 3.8) is 0 Å². The summed E-state index contributed by atoms with van der Waals surface area (Å²) in [5.74, 6) is -0.112. The summed E-state index contributed by atoms with van der Waals surface area (Å²) in [5, 5.41) is 6.29. The second kappa shape index (κ2) is 10.8. The van der Waals surface area contributed by atoms with Crippen LogP contribution in [0.4, 0.5) is 10.5 Å². The van der Waals surface area contributed by atoms with Crippen LogP contribution in [0.1, 0.15) is 11.7 Å². The normalized spacial score (nSPS) is 21.6. The van der Waals surface area contributed by atoms with E-state index in [0.29, 0.717) is 29.5 Å². The van der Waals surface area contributed by atoms with Crippen molar-refractivity contribution in [2.24, 2.45) is 0 Å². The number of nitrogens with zero attached hydrogens (tertiary/aromatic N) is 3. The number of anilines is 1. The molecule has 0 bridgehead atoms. The lowest BCUT2D eigenvalue weighted by Gasteiger charge is -2.45. The SMILES string of the molecule is CN(C)C(=O)Nc1ccc(C2NC(CS(=O)(=O)c3ccccc3)=CC(N3CCOCC3)N2C)cc1. The maximum absolute atomic E-state index is 13.1. The Labute approximate surface area is 207 Å². The highest BCUT2D eigenvalue weighted by Crippen LogP contribution is 2.29. The summed E-state index contributed by atoms with van der Waals surface area (Å²) in [7, 11) is 1.89. The zero-order chi connectivity index (χ0) is 25.0. The maximum atomic E-state index is 13.1. The van der Waals surface area contributed by atoms with Gasteiger partial charge in [-0.15, -0.1) is 0 Å². The van der Waals surface area contributed by atoms with Gasteiger partial charge >= 0.3 is 6.03 Å². The quantitative estimate of drug-likeness (QED) is 0.630. The van der Waals surface area contributed by atoms with Gasteiger partial charge in [0, 0.05) is 38.6 Å². The van der Waals surface area contributed by atoms with Crippen molar-refractivity contribution in [3.05, 3.63) is 71.9 Å². The van der Waals surface area contributed by atoms with Crippen LogP contribution in [0.3, 0.4) is 0 Å². The van der Waals surface area contributed by atoms with Gasteiger partial charge in [-0.05, 0) is 43.0 Å². The number of ether oxygens (including phenoxy) is 1. The first-order valence-corrected chi connectivity index (χ1v) is 13.3. The summed E-state index contributed by atoms with van der Waals surface area (Å²) < 4.78 is 31.8. The van der Waals surface area contributed by atoms with Crippen molar-refractivity contribution >= 4 is 21.6 Å². The Morgan fingerprint density at radius 3 is 2.37 bits per heavy atom. The Bertz CT molecular complexity index is 1150. The monoisotopic (exact) mass is 499 g/mol. The van der Waals surface area contributed by atoms with Gasteiger partial charge in [-0.2, -0.15) is 0 Å². The third-order valence-electron chi connectivity index (χ3n) is 6.25. The molecule has 4 rings (SSSR count). The molecule has 1 fully saturated rings. The van der Waals surface area contributed by atoms with Crippen LogP contribution in [0, 0.1) is 0 Å². The fourth-order valence-corrected chi connectivity index (χ4v) is 5.62. The number of likely N-dealkylation sites (N-methyl/N-ethyl adjacent to an activating group) is 1. The highest BCUT2D eigenvalue weighted by molar-refractivity contribution is 7.91. The third-order valence-corrected chi connectivity index (χ3v) is 7.93. The van der Waals surface area contributed by atoms with Crippen molar-refractivity contribution in [1.29, 1.82) is 0 Å². The molecule has 10 heteroatoms. The van der Waals surface area contributed by atoms with Crippen LogP contribution in [-0.4, -0.2) is 88.5 Å². The van der Waals surface area contributed by atoms with Crippen molar-refractivity contribution < 1.29 is 17.9 Å². The molecule has 2 aromatic rings. The first-order chi connectivity index (χ1) is 16.7. The standard InChI is InChI=1S/C25H33N5O4S/c1-28(2)25(31)27-20-11-9-19(10-12-20)24-26-21(18-35(32,33)22-7-5-4-6-8-22)17-23(29(24)3)30-13-15-34-16-14-30/h4-12,17,23-24,26H,13-16,18H2,1-3H3,(H,27,31). The molecule has 0 spiro atoms. The smallest absolute Gasteiger partial charge is 0.321 e. The molecule has 0 saturated carbocycles. The molecule has 0 aliphatic carbocycles. The van der Waals surface area contributed by atoms with Crippen molar-refractivity contribution in [3.8, 4) is 0 Å². The number of carbonyl (C=O) groups is 1. The minimum atomic E-state index is -3.51. The van der Waals surface area contributed by atoms with Gasteiger partial charge in [0.1, 0.15) is 6.17 Å². The number of amides is 2. The summed E-state index contributed by atoms with van der Waals surface area (Å²) in [6.45, 7) is 2.83. The first-order valence-electron chi connectivity index (χ1n) is 11.6. The predicted molar refractivity (Wildman–Crippen MR) is 136 cm³/mol. The molecule has 9 nitrogen and oxygen atoms in total. The average molecular weight is 500 g/mol. The van der Waals surface area contributed by atoms with Crippen LogP contribution in [0.25, 0.3) is 0 Å². The Balaban J connectivity index is 1.60. The lowest BCUT2D eigenvalue weighted by molar-refractivity contribution is -0.0283. The summed E-state index contributed by atoms with van der Waals surface area (Å²) in [6, 6.07) is 15.9. The minimum Gasteiger partial charge on any atom is -0.379 e. The van der Waals surface area contributed by atoms with Crippen LogP contribution in [-0.2, 0) is 14.6 Å². The number of sulfone groups is 1. The molecule has 2 heterocycles. The largest absolute Gasteiger partial charge is 0.379 e. The van der Waals surface area contributed by atoms with E-state index < -0.39 is 9.84 Å². The molecule has 2 unspecified atom stereocenters. The van der Waals surface area contributed by atoms with Gasteiger partial charge in [-0.3, -0.25) is 9.80 Å². The summed E-state index contributed by atoms with van der Waals surface area (Å²) >= 11 is 0. The van der Waals surface area contributed by atoms with E-state index in [1.807, 2.05) is 37.4 Å². The number of urea groups is 1. The van der Waals surface area contributed by atoms with Crippen LogP contribution in [0.15, 0.2) is 71.3 Å². The second-order valence-corrected chi connectivity index (χ2v) is 11.0. The van der Waals surface area contributed by atoms with Crippen molar-refractivity contribution in [2.75, 3.05) is 58.5 Å². The lowest BCUT2D eigenvalue weighted by atomic mass is 10.1. The van der Waals surface area contributed by atoms with Crippen LogP contribution >= 0.6 is 0 Å². The molecule has 1 saturated heterocycles. The number of benzene rings is 2. The molecular weight excluding hydrogens is 466 g/mol. The molecule has 188 valence electrons. The van der Waals surface area contributed by atoms with Gasteiger partial charge in [0.05, 0.1) is 30.0 Å². The van der Waals surface area contributed by atoms with E-state index in [-0.39, 0.29) is 24.1 Å². The molecule has 2 N–H and O–H groups in total. The summed E-state index contributed by atoms with van der Waals surface area (Å²) in [4.78, 5) is 18.3. The van der Waals surface area contributed by atoms with Gasteiger partial charge in [0.25, 0.3) is 0 Å². The summed E-state index contributed by atoms with van der Waals surface area (Å²) in [6.07, 6.45) is 1.68. The first kappa shape index (κ1) is 25.2. The highest BCUT2D eigenvalue weighted by atomic mass is 32.2. The molecule has 2 aliphatic heterocycles. The van der Waals surface area contributed by atoms with Crippen molar-refractivity contribution in [2.45, 2.75) is 17.2 Å². The van der Waals surface area contributed by atoms with Gasteiger partial charge in [0.2, 0.25) is 0 Å². The van der Waals surface area contributed by atoms with E-state index in [9.17, 15) is 13.2 Å². The molecule has 2 atom stereocenters. The molecule has 2 amide bonds. The minimum absolute atomic E-state index is 0.0840. The van der Waals surface area contributed by atoms with Crippen LogP contribution in [0.5, 0.6) is 0 Å². The van der Waals surface area contributed by atoms with Crippen LogP contribution < -0.4 is 10.6 Å². The molecule has 35 heavy (non-hydrogen) atoms. The number of carbonyl (C=O) groups excluding carboxylic acids is 1. The molecular formula is C25H33N5O4S. The maximum Gasteiger partial charge on any atom is 0.321 e. The summed E-state index contributed by atoms with van der Waals surface area (Å²) in [5.41, 5.74) is 2.33. The fourth-order valence-electron chi connectivity index (χ4n) is 4.29. The third kappa shape index (κ3) is 6.02. The Kier molecular flexibility index (Phi) is 7.75. The Morgan fingerprint density at radius 1 is 1.09 bits per heavy atom. The van der Waals surface area contributed by atoms with Gasteiger partial charge in [0.15, 0.2) is 9.84 Å². The van der Waals surface area contributed by atoms with Gasteiger partial charge in [-0.1, -0.05) is 30.3 Å². The van der Waals surface area contributed by atoms with E-state index in [2.05, 4.69) is 20.4 Å². The van der Waals surface area contributed by atoms with E-state index in [1.54, 1.807) is 44.4 Å². The second-order valence-electron chi connectivity index (χ2n) is 8.98. The average Bonchev–Trinajstić information content (AvgIpc) is 2.86. The number of morpholine rings is 1. The van der Waals surface area contributed by atoms with Gasteiger partial charge in [-0.25, -0.2) is 13.2 Å². The zero-order valence-electron chi connectivity index (χ0n) is 20.3. The van der Waals surface area contributed by atoms with E-state index in [4.69, 9.17) is 4.74 Å². The van der Waals surface area contributed by atoms with E-state index >= 15 is 0 Å². The Hall–Kier alpha value is -2.92. The number of nitrogens with one attached hydrogen (secondary N) is 2. The zero-order valence-corrected chi connectivity index (χ0v) is 21.2. The number of hydrogen-bond donors (Lipinski definition) is 2. The molecule has 2 aromatic carbocycles. The number of rotatable bonds is 6. The topological polar surface area (TPSA) is 94.2 Å². The molecule has 0 radical (unpaired) electrons. The molecule has 2 aliphatic rings. The number of hydrogen-bond acceptors (Lipinski definition) is 7. The predicted octanol–water partition coefficient (Wildman–Crippen LogP) is 2.33. The van der Waals surface area contributed by atoms with Crippen molar-refractivity contribution in [1.82, 2.24) is 20.0 Å². The van der Waals surface area contributed by atoms with E-state index in [1.165, 1.54) is 4.90 Å². The van der Waals surface area contributed by atoms with Crippen LogP contribution in [0.2, 0.25) is 0 Å². The molecule has 0 aromatic heterocycles. The Morgan fingerprint density at radius 2 is 1.74 bits per heavy atom. The van der Waals surface area contributed by atoms with E-state index in [0.717, 1.165) is 18.7 Å².